The highest BCUT2D eigenvalue weighted by atomic mass is 32.2. The van der Waals surface area contributed by atoms with E-state index in [2.05, 4.69) is 26.1 Å². The highest BCUT2D eigenvalue weighted by Gasteiger charge is 2.25. The van der Waals surface area contributed by atoms with E-state index in [0.29, 0.717) is 29.8 Å². The number of benzene rings is 2. The Morgan fingerprint density at radius 3 is 2.10 bits per heavy atom. The van der Waals surface area contributed by atoms with Gasteiger partial charge in [-0.3, -0.25) is 4.79 Å². The maximum absolute atomic E-state index is 12.9. The van der Waals surface area contributed by atoms with Crippen LogP contribution in [-0.4, -0.2) is 26.7 Å². The van der Waals surface area contributed by atoms with E-state index in [4.69, 9.17) is 4.74 Å². The van der Waals surface area contributed by atoms with Crippen LogP contribution in [0.5, 0.6) is 5.75 Å². The molecule has 158 valence electrons. The molecular formula is C23H31NO4S. The van der Waals surface area contributed by atoms with Gasteiger partial charge in [-0.15, -0.1) is 0 Å². The summed E-state index contributed by atoms with van der Waals surface area (Å²) in [5.74, 6) is 0.0917. The Kier molecular flexibility index (Phi) is 7.11. The van der Waals surface area contributed by atoms with E-state index in [1.165, 1.54) is 19.2 Å². The molecule has 29 heavy (non-hydrogen) atoms. The molecule has 2 aromatic carbocycles. The summed E-state index contributed by atoms with van der Waals surface area (Å²) in [7, 11) is -1.99. The number of hydrogen-bond donors (Lipinski definition) is 1. The monoisotopic (exact) mass is 417 g/mol. The molecule has 0 spiro atoms. The first-order valence-electron chi connectivity index (χ1n) is 9.88. The first kappa shape index (κ1) is 22.9. The second-order valence-electron chi connectivity index (χ2n) is 8.13. The van der Waals surface area contributed by atoms with Gasteiger partial charge in [0, 0.05) is 5.56 Å². The quantitative estimate of drug-likeness (QED) is 0.671. The molecule has 0 saturated carbocycles. The van der Waals surface area contributed by atoms with Gasteiger partial charge >= 0.3 is 0 Å². The van der Waals surface area contributed by atoms with Crippen LogP contribution in [0.15, 0.2) is 47.4 Å². The third-order valence-corrected chi connectivity index (χ3v) is 7.57. The van der Waals surface area contributed by atoms with Gasteiger partial charge in [0.1, 0.15) is 5.75 Å². The predicted octanol–water partition coefficient (Wildman–Crippen LogP) is 5.21. The van der Waals surface area contributed by atoms with Crippen molar-refractivity contribution in [1.82, 2.24) is 0 Å². The van der Waals surface area contributed by atoms with Crippen molar-refractivity contribution in [1.29, 1.82) is 0 Å². The van der Waals surface area contributed by atoms with Gasteiger partial charge in [0.05, 0.1) is 22.9 Å². The average Bonchev–Trinajstić information content (AvgIpc) is 2.68. The fraction of sp³-hybridized carbons (Fsp3) is 0.435. The smallest absolute Gasteiger partial charge is 0.255 e. The summed E-state index contributed by atoms with van der Waals surface area (Å²) in [4.78, 5) is 12.9. The standard InChI is InChI=1S/C23H31NO4S/c1-7-18(8-2)29(26,27)19-13-14-21(28-6)20(15-19)24-22(25)16-9-11-17(12-10-16)23(3,4)5/h9-15,18H,7-8H2,1-6H3,(H,24,25). The maximum Gasteiger partial charge on any atom is 0.255 e. The topological polar surface area (TPSA) is 72.5 Å². The number of amides is 1. The Labute approximate surface area is 174 Å². The van der Waals surface area contributed by atoms with Crippen LogP contribution in [0.3, 0.4) is 0 Å². The molecule has 0 radical (unpaired) electrons. The maximum atomic E-state index is 12.9. The van der Waals surface area contributed by atoms with Crippen LogP contribution in [0.25, 0.3) is 0 Å². The van der Waals surface area contributed by atoms with Crippen molar-refractivity contribution in [2.75, 3.05) is 12.4 Å². The highest BCUT2D eigenvalue weighted by Crippen LogP contribution is 2.31. The van der Waals surface area contributed by atoms with Gasteiger partial charge in [0.25, 0.3) is 5.91 Å². The van der Waals surface area contributed by atoms with Crippen molar-refractivity contribution in [3.8, 4) is 5.75 Å². The Bertz CT molecular complexity index is 953. The lowest BCUT2D eigenvalue weighted by Gasteiger charge is -2.19. The molecule has 0 aliphatic rings. The second-order valence-corrected chi connectivity index (χ2v) is 10.4. The van der Waals surface area contributed by atoms with Gasteiger partial charge in [-0.2, -0.15) is 0 Å². The van der Waals surface area contributed by atoms with Crippen molar-refractivity contribution >= 4 is 21.4 Å². The molecular weight excluding hydrogens is 386 g/mol. The van der Waals surface area contributed by atoms with Crippen molar-refractivity contribution in [2.45, 2.75) is 63.0 Å². The molecule has 0 aliphatic heterocycles. The summed E-state index contributed by atoms with van der Waals surface area (Å²) in [5.41, 5.74) is 1.96. The number of methoxy groups -OCH3 is 1. The minimum atomic E-state index is -3.48. The second kappa shape index (κ2) is 8.99. The van der Waals surface area contributed by atoms with Crippen LogP contribution in [-0.2, 0) is 15.3 Å². The zero-order valence-corrected chi connectivity index (χ0v) is 18.9. The van der Waals surface area contributed by atoms with E-state index in [-0.39, 0.29) is 16.2 Å². The molecule has 0 bridgehead atoms. The number of ether oxygens (including phenoxy) is 1. The van der Waals surface area contributed by atoms with E-state index >= 15 is 0 Å². The van der Waals surface area contributed by atoms with Crippen LogP contribution < -0.4 is 10.1 Å². The van der Waals surface area contributed by atoms with Crippen LogP contribution in [0.4, 0.5) is 5.69 Å². The Hall–Kier alpha value is -2.34. The minimum Gasteiger partial charge on any atom is -0.495 e. The fourth-order valence-electron chi connectivity index (χ4n) is 3.20. The third kappa shape index (κ3) is 5.18. The first-order chi connectivity index (χ1) is 13.5. The zero-order chi connectivity index (χ0) is 21.8. The molecule has 5 nitrogen and oxygen atoms in total. The Balaban J connectivity index is 2.35. The number of carbonyl (C=O) groups is 1. The molecule has 0 heterocycles. The molecule has 0 atom stereocenters. The summed E-state index contributed by atoms with van der Waals surface area (Å²) in [5, 5.41) is 2.34. The van der Waals surface area contributed by atoms with Crippen LogP contribution in [0.1, 0.15) is 63.4 Å². The van der Waals surface area contributed by atoms with Gasteiger partial charge in [0.15, 0.2) is 9.84 Å². The van der Waals surface area contributed by atoms with Gasteiger partial charge in [-0.05, 0) is 54.2 Å². The van der Waals surface area contributed by atoms with Crippen LogP contribution in [0.2, 0.25) is 0 Å². The number of carbonyl (C=O) groups excluding carboxylic acids is 1. The SMILES string of the molecule is CCC(CC)S(=O)(=O)c1ccc(OC)c(NC(=O)c2ccc(C(C)(C)C)cc2)c1. The fourth-order valence-corrected chi connectivity index (χ4v) is 5.00. The number of nitrogens with one attached hydrogen (secondary N) is 1. The number of sulfone groups is 1. The minimum absolute atomic E-state index is 0.00395. The molecule has 1 amide bonds. The third-order valence-electron chi connectivity index (χ3n) is 5.11. The molecule has 0 saturated heterocycles. The van der Waals surface area contributed by atoms with E-state index in [0.717, 1.165) is 5.56 Å². The summed E-state index contributed by atoms with van der Waals surface area (Å²) < 4.78 is 31.1. The van der Waals surface area contributed by atoms with E-state index < -0.39 is 15.1 Å². The zero-order valence-electron chi connectivity index (χ0n) is 18.1. The number of anilines is 1. The largest absolute Gasteiger partial charge is 0.495 e. The molecule has 2 rings (SSSR count). The number of rotatable bonds is 7. The normalized spacial score (nSPS) is 12.1. The molecule has 0 aliphatic carbocycles. The summed E-state index contributed by atoms with van der Waals surface area (Å²) in [6.07, 6.45) is 1.07. The number of hydrogen-bond acceptors (Lipinski definition) is 4. The van der Waals surface area contributed by atoms with Gasteiger partial charge < -0.3 is 10.1 Å². The Morgan fingerprint density at radius 2 is 1.62 bits per heavy atom. The van der Waals surface area contributed by atoms with Crippen LogP contribution >= 0.6 is 0 Å². The van der Waals surface area contributed by atoms with Gasteiger partial charge in [-0.1, -0.05) is 46.8 Å². The van der Waals surface area contributed by atoms with Crippen molar-refractivity contribution in [3.05, 3.63) is 53.6 Å². The van der Waals surface area contributed by atoms with Gasteiger partial charge in [-0.25, -0.2) is 8.42 Å². The average molecular weight is 418 g/mol. The highest BCUT2D eigenvalue weighted by molar-refractivity contribution is 7.92. The van der Waals surface area contributed by atoms with Gasteiger partial charge in [0.2, 0.25) is 0 Å². The molecule has 0 aromatic heterocycles. The summed E-state index contributed by atoms with van der Waals surface area (Å²) in [6, 6.07) is 12.0. The molecule has 6 heteroatoms. The van der Waals surface area contributed by atoms with Crippen molar-refractivity contribution in [3.63, 3.8) is 0 Å². The first-order valence-corrected chi connectivity index (χ1v) is 11.4. The predicted molar refractivity (Wildman–Crippen MR) is 118 cm³/mol. The lowest BCUT2D eigenvalue weighted by molar-refractivity contribution is 0.102. The summed E-state index contributed by atoms with van der Waals surface area (Å²) in [6.45, 7) is 10.1. The lowest BCUT2D eigenvalue weighted by Crippen LogP contribution is -2.20. The molecule has 0 fully saturated rings. The van der Waals surface area contributed by atoms with Crippen LogP contribution in [0, 0.1) is 0 Å². The van der Waals surface area contributed by atoms with E-state index in [9.17, 15) is 13.2 Å². The Morgan fingerprint density at radius 1 is 1.03 bits per heavy atom. The molecule has 2 aromatic rings. The lowest BCUT2D eigenvalue weighted by atomic mass is 9.87. The summed E-state index contributed by atoms with van der Waals surface area (Å²) >= 11 is 0. The van der Waals surface area contributed by atoms with E-state index in [1.54, 1.807) is 18.2 Å². The van der Waals surface area contributed by atoms with Crippen molar-refractivity contribution in [2.24, 2.45) is 0 Å². The van der Waals surface area contributed by atoms with E-state index in [1.807, 2.05) is 26.0 Å². The molecule has 0 unspecified atom stereocenters. The van der Waals surface area contributed by atoms with Crippen molar-refractivity contribution < 1.29 is 17.9 Å². The molecule has 1 N–H and O–H groups in total.